The lowest BCUT2D eigenvalue weighted by atomic mass is 9.95. The highest BCUT2D eigenvalue weighted by Crippen LogP contribution is 2.22. The van der Waals surface area contributed by atoms with E-state index in [-0.39, 0.29) is 29.8 Å². The van der Waals surface area contributed by atoms with Gasteiger partial charge in [0.05, 0.1) is 7.11 Å². The minimum absolute atomic E-state index is 0. The van der Waals surface area contributed by atoms with Gasteiger partial charge in [0.15, 0.2) is 0 Å². The van der Waals surface area contributed by atoms with Crippen molar-refractivity contribution in [2.24, 2.45) is 5.92 Å². The van der Waals surface area contributed by atoms with E-state index in [1.807, 2.05) is 0 Å². The van der Waals surface area contributed by atoms with Crippen LogP contribution in [0.4, 0.5) is 4.39 Å². The van der Waals surface area contributed by atoms with Crippen molar-refractivity contribution < 1.29 is 13.9 Å². The van der Waals surface area contributed by atoms with Gasteiger partial charge >= 0.3 is 0 Å². The van der Waals surface area contributed by atoms with Crippen LogP contribution in [0, 0.1) is 11.7 Å². The number of carbonyl (C=O) groups excluding carboxylic acids is 1. The number of ether oxygens (including phenoxy) is 1. The number of amides is 1. The zero-order chi connectivity index (χ0) is 13.8. The third kappa shape index (κ3) is 3.61. The van der Waals surface area contributed by atoms with E-state index in [0.717, 1.165) is 19.5 Å². The van der Waals surface area contributed by atoms with E-state index in [2.05, 4.69) is 17.6 Å². The van der Waals surface area contributed by atoms with Gasteiger partial charge in [-0.15, -0.1) is 12.4 Å². The van der Waals surface area contributed by atoms with Crippen LogP contribution in [0.3, 0.4) is 0 Å². The molecular weight excluding hydrogens is 283 g/mol. The van der Waals surface area contributed by atoms with Crippen LogP contribution in [0.5, 0.6) is 5.75 Å². The van der Waals surface area contributed by atoms with Gasteiger partial charge in [0.1, 0.15) is 17.1 Å². The van der Waals surface area contributed by atoms with E-state index < -0.39 is 11.7 Å². The van der Waals surface area contributed by atoms with Gasteiger partial charge < -0.3 is 15.4 Å². The molecule has 2 N–H and O–H groups in total. The summed E-state index contributed by atoms with van der Waals surface area (Å²) in [6.45, 7) is 3.79. The van der Waals surface area contributed by atoms with Crippen LogP contribution in [0.15, 0.2) is 18.2 Å². The first-order chi connectivity index (χ1) is 9.13. The van der Waals surface area contributed by atoms with Crippen LogP contribution >= 0.6 is 12.4 Å². The highest BCUT2D eigenvalue weighted by atomic mass is 35.5. The van der Waals surface area contributed by atoms with Crippen molar-refractivity contribution >= 4 is 18.3 Å². The van der Waals surface area contributed by atoms with Gasteiger partial charge in [0, 0.05) is 6.04 Å². The molecule has 1 heterocycles. The van der Waals surface area contributed by atoms with Crippen LogP contribution in [0.1, 0.15) is 23.7 Å². The summed E-state index contributed by atoms with van der Waals surface area (Å²) in [5.74, 6) is -0.373. The molecule has 2 unspecified atom stereocenters. The van der Waals surface area contributed by atoms with Crippen LogP contribution in [0.25, 0.3) is 0 Å². The Bertz CT molecular complexity index is 470. The Morgan fingerprint density at radius 2 is 2.25 bits per heavy atom. The molecule has 0 bridgehead atoms. The van der Waals surface area contributed by atoms with Gasteiger partial charge in [-0.1, -0.05) is 13.0 Å². The Hall–Kier alpha value is -1.33. The maximum atomic E-state index is 13.8. The summed E-state index contributed by atoms with van der Waals surface area (Å²) in [6.07, 6.45) is 0.851. The first-order valence-electron chi connectivity index (χ1n) is 6.47. The average Bonchev–Trinajstić information content (AvgIpc) is 2.40. The van der Waals surface area contributed by atoms with Crippen LogP contribution in [0.2, 0.25) is 0 Å². The summed E-state index contributed by atoms with van der Waals surface area (Å²) in [5.41, 5.74) is -0.0178. The first-order valence-corrected chi connectivity index (χ1v) is 6.47. The average molecular weight is 303 g/mol. The summed E-state index contributed by atoms with van der Waals surface area (Å²) >= 11 is 0. The highest BCUT2D eigenvalue weighted by Gasteiger charge is 2.25. The topological polar surface area (TPSA) is 50.4 Å². The molecule has 1 amide bonds. The molecule has 2 rings (SSSR count). The fourth-order valence-electron chi connectivity index (χ4n) is 2.36. The van der Waals surface area contributed by atoms with Crippen molar-refractivity contribution in [2.45, 2.75) is 19.4 Å². The molecule has 20 heavy (non-hydrogen) atoms. The number of nitrogens with one attached hydrogen (secondary N) is 2. The number of benzene rings is 1. The third-order valence-corrected chi connectivity index (χ3v) is 3.52. The summed E-state index contributed by atoms with van der Waals surface area (Å²) in [7, 11) is 1.43. The number of rotatable bonds is 3. The number of methoxy groups -OCH3 is 1. The predicted molar refractivity (Wildman–Crippen MR) is 78.1 cm³/mol. The molecule has 1 aliphatic heterocycles. The molecular formula is C14H20ClFN2O2. The zero-order valence-corrected chi connectivity index (χ0v) is 12.4. The number of piperidine rings is 1. The van der Waals surface area contributed by atoms with Crippen molar-refractivity contribution in [2.75, 3.05) is 20.2 Å². The smallest absolute Gasteiger partial charge is 0.258 e. The monoisotopic (exact) mass is 302 g/mol. The highest BCUT2D eigenvalue weighted by molar-refractivity contribution is 5.97. The molecule has 112 valence electrons. The fraction of sp³-hybridized carbons (Fsp3) is 0.500. The number of halogens is 2. The summed E-state index contributed by atoms with van der Waals surface area (Å²) in [5, 5.41) is 6.16. The molecule has 0 aromatic heterocycles. The molecule has 1 saturated heterocycles. The maximum Gasteiger partial charge on any atom is 0.258 e. The van der Waals surface area contributed by atoms with Gasteiger partial charge in [-0.2, -0.15) is 0 Å². The number of hydrogen-bond donors (Lipinski definition) is 2. The Morgan fingerprint density at radius 1 is 1.50 bits per heavy atom. The lowest BCUT2D eigenvalue weighted by molar-refractivity contribution is 0.0907. The van der Waals surface area contributed by atoms with E-state index in [9.17, 15) is 9.18 Å². The predicted octanol–water partition coefficient (Wildman–Crippen LogP) is 1.98. The lowest BCUT2D eigenvalue weighted by Gasteiger charge is -2.30. The van der Waals surface area contributed by atoms with Gasteiger partial charge in [-0.3, -0.25) is 4.79 Å². The second-order valence-corrected chi connectivity index (χ2v) is 4.87. The molecule has 1 aromatic carbocycles. The van der Waals surface area contributed by atoms with E-state index in [0.29, 0.717) is 5.92 Å². The number of hydrogen-bond acceptors (Lipinski definition) is 3. The van der Waals surface area contributed by atoms with Gasteiger partial charge in [0.25, 0.3) is 5.91 Å². The van der Waals surface area contributed by atoms with Gasteiger partial charge in [-0.25, -0.2) is 4.39 Å². The fourth-order valence-corrected chi connectivity index (χ4v) is 2.36. The van der Waals surface area contributed by atoms with Crippen molar-refractivity contribution in [1.82, 2.24) is 10.6 Å². The van der Waals surface area contributed by atoms with Crippen LogP contribution < -0.4 is 15.4 Å². The second-order valence-electron chi connectivity index (χ2n) is 4.87. The molecule has 0 spiro atoms. The van der Waals surface area contributed by atoms with E-state index in [4.69, 9.17) is 4.74 Å². The van der Waals surface area contributed by atoms with E-state index in [1.54, 1.807) is 6.07 Å². The molecule has 1 aromatic rings. The molecule has 4 nitrogen and oxygen atoms in total. The second kappa shape index (κ2) is 7.45. The number of carbonyl (C=O) groups is 1. The molecule has 6 heteroatoms. The molecule has 1 fully saturated rings. The molecule has 1 aliphatic rings. The standard InChI is InChI=1S/C14H19FN2O2.ClH/c1-9-8-16-7-6-11(9)17-14(18)13-10(15)4-3-5-12(13)19-2;/h3-5,9,11,16H,6-8H2,1-2H3,(H,17,18);1H. The quantitative estimate of drug-likeness (QED) is 0.898. The SMILES string of the molecule is COc1cccc(F)c1C(=O)NC1CCNCC1C.Cl. The van der Waals surface area contributed by atoms with E-state index >= 15 is 0 Å². The summed E-state index contributed by atoms with van der Waals surface area (Å²) in [4.78, 5) is 12.2. The summed E-state index contributed by atoms with van der Waals surface area (Å²) in [6, 6.07) is 4.45. The molecule has 0 aliphatic carbocycles. The van der Waals surface area contributed by atoms with E-state index in [1.165, 1.54) is 19.2 Å². The Balaban J connectivity index is 0.00000200. The Kier molecular flexibility index (Phi) is 6.23. The zero-order valence-electron chi connectivity index (χ0n) is 11.6. The van der Waals surface area contributed by atoms with Gasteiger partial charge in [0.2, 0.25) is 0 Å². The van der Waals surface area contributed by atoms with Crippen molar-refractivity contribution in [3.05, 3.63) is 29.6 Å². The molecule has 2 atom stereocenters. The molecule has 0 radical (unpaired) electrons. The third-order valence-electron chi connectivity index (χ3n) is 3.52. The van der Waals surface area contributed by atoms with Crippen LogP contribution in [-0.2, 0) is 0 Å². The summed E-state index contributed by atoms with van der Waals surface area (Å²) < 4.78 is 18.8. The normalized spacial score (nSPS) is 21.8. The van der Waals surface area contributed by atoms with Crippen molar-refractivity contribution in [1.29, 1.82) is 0 Å². The van der Waals surface area contributed by atoms with Crippen molar-refractivity contribution in [3.8, 4) is 5.75 Å². The minimum Gasteiger partial charge on any atom is -0.496 e. The first kappa shape index (κ1) is 16.7. The minimum atomic E-state index is -0.557. The van der Waals surface area contributed by atoms with Crippen molar-refractivity contribution in [3.63, 3.8) is 0 Å². The largest absolute Gasteiger partial charge is 0.496 e. The van der Waals surface area contributed by atoms with Crippen LogP contribution in [-0.4, -0.2) is 32.1 Å². The Morgan fingerprint density at radius 3 is 2.90 bits per heavy atom. The Labute approximate surface area is 124 Å². The lowest BCUT2D eigenvalue weighted by Crippen LogP contribution is -2.48. The molecule has 0 saturated carbocycles. The van der Waals surface area contributed by atoms with Gasteiger partial charge in [-0.05, 0) is 37.6 Å². The maximum absolute atomic E-state index is 13.8.